The van der Waals surface area contributed by atoms with Gasteiger partial charge < -0.3 is 10.6 Å². The summed E-state index contributed by atoms with van der Waals surface area (Å²) in [6.07, 6.45) is -1.87. The zero-order valence-electron chi connectivity index (χ0n) is 12.5. The van der Waals surface area contributed by atoms with E-state index >= 15 is 0 Å². The van der Waals surface area contributed by atoms with Crippen LogP contribution in [0.2, 0.25) is 0 Å². The third-order valence-electron chi connectivity index (χ3n) is 4.03. The van der Waals surface area contributed by atoms with E-state index in [9.17, 15) is 18.0 Å². The summed E-state index contributed by atoms with van der Waals surface area (Å²) < 4.78 is 39.0. The van der Waals surface area contributed by atoms with Gasteiger partial charge in [0.25, 0.3) is 0 Å². The van der Waals surface area contributed by atoms with Crippen LogP contribution in [0.4, 0.5) is 18.9 Å². The molecule has 22 heavy (non-hydrogen) atoms. The normalized spacial score (nSPS) is 22.4. The molecule has 2 N–H and O–H groups in total. The molecular formula is C16H21F3N2O. The van der Waals surface area contributed by atoms with Crippen molar-refractivity contribution in [2.45, 2.75) is 51.4 Å². The molecule has 0 bridgehead atoms. The lowest BCUT2D eigenvalue weighted by Crippen LogP contribution is -2.45. The van der Waals surface area contributed by atoms with Gasteiger partial charge in [-0.3, -0.25) is 4.79 Å². The van der Waals surface area contributed by atoms with Gasteiger partial charge in [0.05, 0.1) is 5.92 Å². The van der Waals surface area contributed by atoms with E-state index in [1.54, 1.807) is 12.1 Å². The van der Waals surface area contributed by atoms with Gasteiger partial charge in [0.15, 0.2) is 0 Å². The summed E-state index contributed by atoms with van der Waals surface area (Å²) in [5.74, 6) is -1.40. The number of nitrogens with one attached hydrogen (secondary N) is 2. The molecule has 1 aliphatic carbocycles. The quantitative estimate of drug-likeness (QED) is 0.886. The Morgan fingerprint density at radius 3 is 2.41 bits per heavy atom. The topological polar surface area (TPSA) is 41.1 Å². The van der Waals surface area contributed by atoms with Gasteiger partial charge in [-0.05, 0) is 30.5 Å². The molecule has 6 heteroatoms. The van der Waals surface area contributed by atoms with E-state index in [2.05, 4.69) is 10.6 Å². The van der Waals surface area contributed by atoms with Gasteiger partial charge >= 0.3 is 6.18 Å². The standard InChI is InChI=1S/C16H21F3N2O/c1-11(22)21-13-8-6-12(7-9-13)10-20-15-5-3-2-4-14(15)16(17,18)19/h6-9,14-15,20H,2-5,10H2,1H3,(H,21,22)/t14-,15-/m1/s1. The molecule has 0 heterocycles. The third-order valence-corrected chi connectivity index (χ3v) is 4.03. The number of carbonyl (C=O) groups is 1. The highest BCUT2D eigenvalue weighted by Gasteiger charge is 2.45. The van der Waals surface area contributed by atoms with E-state index in [0.29, 0.717) is 25.1 Å². The van der Waals surface area contributed by atoms with Crippen LogP contribution < -0.4 is 10.6 Å². The largest absolute Gasteiger partial charge is 0.393 e. The molecule has 1 fully saturated rings. The molecule has 1 aliphatic rings. The minimum Gasteiger partial charge on any atom is -0.326 e. The van der Waals surface area contributed by atoms with Crippen LogP contribution in [0.25, 0.3) is 0 Å². The van der Waals surface area contributed by atoms with E-state index in [1.807, 2.05) is 12.1 Å². The molecule has 1 saturated carbocycles. The summed E-state index contributed by atoms with van der Waals surface area (Å²) in [5, 5.41) is 5.70. The van der Waals surface area contributed by atoms with Gasteiger partial charge in [0.2, 0.25) is 5.91 Å². The van der Waals surface area contributed by atoms with E-state index in [1.165, 1.54) is 6.92 Å². The van der Waals surface area contributed by atoms with E-state index in [0.717, 1.165) is 12.0 Å². The van der Waals surface area contributed by atoms with Gasteiger partial charge in [-0.2, -0.15) is 13.2 Å². The van der Waals surface area contributed by atoms with Crippen molar-refractivity contribution >= 4 is 11.6 Å². The second-order valence-corrected chi connectivity index (χ2v) is 5.80. The highest BCUT2D eigenvalue weighted by Crippen LogP contribution is 2.37. The van der Waals surface area contributed by atoms with Crippen molar-refractivity contribution in [2.75, 3.05) is 5.32 Å². The molecule has 3 nitrogen and oxygen atoms in total. The first kappa shape index (κ1) is 16.8. The van der Waals surface area contributed by atoms with Crippen LogP contribution >= 0.6 is 0 Å². The fourth-order valence-electron chi connectivity index (χ4n) is 2.93. The number of carbonyl (C=O) groups excluding carboxylic acids is 1. The van der Waals surface area contributed by atoms with E-state index in [-0.39, 0.29) is 12.3 Å². The van der Waals surface area contributed by atoms with Gasteiger partial charge in [-0.25, -0.2) is 0 Å². The molecule has 0 aromatic heterocycles. The van der Waals surface area contributed by atoms with Gasteiger partial charge in [-0.15, -0.1) is 0 Å². The summed E-state index contributed by atoms with van der Waals surface area (Å²) >= 11 is 0. The Labute approximate surface area is 128 Å². The number of hydrogen-bond acceptors (Lipinski definition) is 2. The Bertz CT molecular complexity index is 499. The Morgan fingerprint density at radius 2 is 1.82 bits per heavy atom. The zero-order chi connectivity index (χ0) is 16.2. The number of amides is 1. The number of benzene rings is 1. The van der Waals surface area contributed by atoms with Crippen molar-refractivity contribution in [1.29, 1.82) is 0 Å². The Morgan fingerprint density at radius 1 is 1.18 bits per heavy atom. The first-order chi connectivity index (χ1) is 10.4. The van der Waals surface area contributed by atoms with Crippen LogP contribution in [0, 0.1) is 5.92 Å². The Hall–Kier alpha value is -1.56. The highest BCUT2D eigenvalue weighted by atomic mass is 19.4. The molecule has 0 radical (unpaired) electrons. The minimum absolute atomic E-state index is 0.152. The number of rotatable bonds is 4. The predicted octanol–water partition coefficient (Wildman–Crippen LogP) is 3.86. The molecule has 0 unspecified atom stereocenters. The van der Waals surface area contributed by atoms with Crippen molar-refractivity contribution in [2.24, 2.45) is 5.92 Å². The third kappa shape index (κ3) is 4.73. The van der Waals surface area contributed by atoms with Crippen molar-refractivity contribution in [1.82, 2.24) is 5.32 Å². The average molecular weight is 314 g/mol. The summed E-state index contributed by atoms with van der Waals surface area (Å²) in [5.41, 5.74) is 1.59. The fourth-order valence-corrected chi connectivity index (χ4v) is 2.93. The molecule has 2 rings (SSSR count). The van der Waals surface area contributed by atoms with Crippen molar-refractivity contribution in [3.8, 4) is 0 Å². The van der Waals surface area contributed by atoms with Crippen LogP contribution in [0.1, 0.15) is 38.2 Å². The van der Waals surface area contributed by atoms with E-state index < -0.39 is 18.1 Å². The van der Waals surface area contributed by atoms with Crippen LogP contribution in [0.5, 0.6) is 0 Å². The molecule has 122 valence electrons. The Balaban J connectivity index is 1.92. The average Bonchev–Trinajstić information content (AvgIpc) is 2.45. The van der Waals surface area contributed by atoms with Crippen LogP contribution in [-0.4, -0.2) is 18.1 Å². The van der Waals surface area contributed by atoms with Crippen molar-refractivity contribution in [3.05, 3.63) is 29.8 Å². The first-order valence-corrected chi connectivity index (χ1v) is 7.53. The molecule has 0 saturated heterocycles. The molecular weight excluding hydrogens is 293 g/mol. The van der Waals surface area contributed by atoms with Gasteiger partial charge in [0.1, 0.15) is 0 Å². The SMILES string of the molecule is CC(=O)Nc1ccc(CN[C@@H]2CCCC[C@H]2C(F)(F)F)cc1. The highest BCUT2D eigenvalue weighted by molar-refractivity contribution is 5.88. The first-order valence-electron chi connectivity index (χ1n) is 7.53. The van der Waals surface area contributed by atoms with Gasteiger partial charge in [-0.1, -0.05) is 25.0 Å². The molecule has 2 atom stereocenters. The maximum absolute atomic E-state index is 13.0. The summed E-state index contributed by atoms with van der Waals surface area (Å²) in [4.78, 5) is 10.9. The summed E-state index contributed by atoms with van der Waals surface area (Å²) in [7, 11) is 0. The molecule has 1 amide bonds. The zero-order valence-corrected chi connectivity index (χ0v) is 12.5. The monoisotopic (exact) mass is 314 g/mol. The van der Waals surface area contributed by atoms with Crippen molar-refractivity contribution < 1.29 is 18.0 Å². The maximum Gasteiger partial charge on any atom is 0.393 e. The minimum atomic E-state index is -4.13. The molecule has 0 aliphatic heterocycles. The van der Waals surface area contributed by atoms with Crippen LogP contribution in [-0.2, 0) is 11.3 Å². The van der Waals surface area contributed by atoms with Gasteiger partial charge in [0, 0.05) is 25.2 Å². The fraction of sp³-hybridized carbons (Fsp3) is 0.562. The molecule has 1 aromatic rings. The number of alkyl halides is 3. The second kappa shape index (κ2) is 7.13. The maximum atomic E-state index is 13.0. The summed E-state index contributed by atoms with van der Waals surface area (Å²) in [6, 6.07) is 6.61. The summed E-state index contributed by atoms with van der Waals surface area (Å²) in [6.45, 7) is 1.83. The van der Waals surface area contributed by atoms with Crippen LogP contribution in [0.3, 0.4) is 0 Å². The lowest BCUT2D eigenvalue weighted by Gasteiger charge is -2.33. The lowest BCUT2D eigenvalue weighted by atomic mass is 9.84. The number of anilines is 1. The van der Waals surface area contributed by atoms with E-state index in [4.69, 9.17) is 0 Å². The Kier molecular flexibility index (Phi) is 5.45. The molecule has 0 spiro atoms. The smallest absolute Gasteiger partial charge is 0.326 e. The lowest BCUT2D eigenvalue weighted by molar-refractivity contribution is -0.189. The van der Waals surface area contributed by atoms with Crippen LogP contribution in [0.15, 0.2) is 24.3 Å². The number of hydrogen-bond donors (Lipinski definition) is 2. The predicted molar refractivity (Wildman–Crippen MR) is 79.4 cm³/mol. The molecule has 1 aromatic carbocycles. The second-order valence-electron chi connectivity index (χ2n) is 5.80. The van der Waals surface area contributed by atoms with Crippen molar-refractivity contribution in [3.63, 3.8) is 0 Å². The number of halogens is 3.